The second-order valence-electron chi connectivity index (χ2n) is 5.20. The van der Waals surface area contributed by atoms with Crippen molar-refractivity contribution < 1.29 is 14.6 Å². The lowest BCUT2D eigenvalue weighted by Gasteiger charge is -2.11. The number of rotatable bonds is 5. The number of carboxylic acids is 1. The summed E-state index contributed by atoms with van der Waals surface area (Å²) in [5.41, 5.74) is 7.86. The van der Waals surface area contributed by atoms with Gasteiger partial charge in [0.15, 0.2) is 0 Å². The molecule has 0 amide bonds. The summed E-state index contributed by atoms with van der Waals surface area (Å²) in [4.78, 5) is 11.2. The normalized spacial score (nSPS) is 10.6. The molecule has 0 heterocycles. The van der Waals surface area contributed by atoms with E-state index >= 15 is 0 Å². The van der Waals surface area contributed by atoms with Gasteiger partial charge in [0, 0.05) is 11.3 Å². The zero-order valence-electron chi connectivity index (χ0n) is 12.2. The predicted octanol–water partition coefficient (Wildman–Crippen LogP) is 3.67. The highest BCUT2D eigenvalue weighted by Gasteiger charge is 2.13. The van der Waals surface area contributed by atoms with Crippen molar-refractivity contribution in [2.75, 3.05) is 5.73 Å². The van der Waals surface area contributed by atoms with E-state index in [1.54, 1.807) is 18.2 Å². The minimum Gasteiger partial charge on any atom is -0.489 e. The summed E-state index contributed by atoms with van der Waals surface area (Å²) >= 11 is 0. The van der Waals surface area contributed by atoms with E-state index in [1.165, 1.54) is 5.56 Å². The Morgan fingerprint density at radius 3 is 2.43 bits per heavy atom. The zero-order chi connectivity index (χ0) is 15.4. The van der Waals surface area contributed by atoms with E-state index in [2.05, 4.69) is 13.8 Å². The second-order valence-corrected chi connectivity index (χ2v) is 5.20. The molecule has 0 atom stereocenters. The van der Waals surface area contributed by atoms with E-state index in [9.17, 15) is 9.90 Å². The van der Waals surface area contributed by atoms with E-state index in [-0.39, 0.29) is 17.9 Å². The molecule has 4 heteroatoms. The van der Waals surface area contributed by atoms with Crippen molar-refractivity contribution in [1.29, 1.82) is 0 Å². The van der Waals surface area contributed by atoms with E-state index in [4.69, 9.17) is 10.5 Å². The summed E-state index contributed by atoms with van der Waals surface area (Å²) in [5.74, 6) is 0.131. The fraction of sp³-hybridized carbons (Fsp3) is 0.235. The van der Waals surface area contributed by atoms with Crippen LogP contribution in [0.1, 0.15) is 41.3 Å². The monoisotopic (exact) mass is 285 g/mol. The second kappa shape index (κ2) is 6.31. The summed E-state index contributed by atoms with van der Waals surface area (Å²) in [6.07, 6.45) is 0. The van der Waals surface area contributed by atoms with Crippen molar-refractivity contribution in [3.63, 3.8) is 0 Å². The Bertz CT molecular complexity index is 633. The Morgan fingerprint density at radius 1 is 1.19 bits per heavy atom. The minimum atomic E-state index is -1.04. The van der Waals surface area contributed by atoms with Gasteiger partial charge in [-0.15, -0.1) is 0 Å². The fourth-order valence-electron chi connectivity index (χ4n) is 2.11. The standard InChI is InChI=1S/C17H19NO3/c1-11(2)12-6-8-14(9-7-12)21-10-13-4-3-5-15(18)16(13)17(19)20/h3-9,11H,10,18H2,1-2H3,(H,19,20). The summed E-state index contributed by atoms with van der Waals surface area (Å²) in [7, 11) is 0. The molecule has 0 spiro atoms. The summed E-state index contributed by atoms with van der Waals surface area (Å²) in [6.45, 7) is 4.43. The van der Waals surface area contributed by atoms with E-state index in [0.717, 1.165) is 0 Å². The van der Waals surface area contributed by atoms with Gasteiger partial charge >= 0.3 is 5.97 Å². The maximum atomic E-state index is 11.2. The summed E-state index contributed by atoms with van der Waals surface area (Å²) < 4.78 is 5.65. The molecule has 2 rings (SSSR count). The summed E-state index contributed by atoms with van der Waals surface area (Å²) in [5, 5.41) is 9.21. The minimum absolute atomic E-state index is 0.108. The fourth-order valence-corrected chi connectivity index (χ4v) is 2.11. The third-order valence-corrected chi connectivity index (χ3v) is 3.34. The molecule has 3 N–H and O–H groups in total. The zero-order valence-corrected chi connectivity index (χ0v) is 12.2. The average Bonchev–Trinajstić information content (AvgIpc) is 2.45. The molecule has 21 heavy (non-hydrogen) atoms. The Kier molecular flexibility index (Phi) is 4.48. The van der Waals surface area contributed by atoms with Gasteiger partial charge < -0.3 is 15.6 Å². The van der Waals surface area contributed by atoms with Gasteiger partial charge in [-0.3, -0.25) is 0 Å². The number of hydrogen-bond acceptors (Lipinski definition) is 3. The molecule has 0 aliphatic rings. The predicted molar refractivity (Wildman–Crippen MR) is 82.7 cm³/mol. The van der Waals surface area contributed by atoms with Crippen LogP contribution >= 0.6 is 0 Å². The Balaban J connectivity index is 2.13. The molecule has 0 saturated heterocycles. The summed E-state index contributed by atoms with van der Waals surface area (Å²) in [6, 6.07) is 12.8. The smallest absolute Gasteiger partial charge is 0.338 e. The first-order chi connectivity index (χ1) is 9.99. The van der Waals surface area contributed by atoms with Crippen LogP contribution in [-0.4, -0.2) is 11.1 Å². The van der Waals surface area contributed by atoms with Crippen LogP contribution in [0.2, 0.25) is 0 Å². The molecule has 0 aromatic heterocycles. The molecule has 0 unspecified atom stereocenters. The number of benzene rings is 2. The topological polar surface area (TPSA) is 72.5 Å². The van der Waals surface area contributed by atoms with E-state index < -0.39 is 5.97 Å². The SMILES string of the molecule is CC(C)c1ccc(OCc2cccc(N)c2C(=O)O)cc1. The first kappa shape index (κ1) is 14.9. The van der Waals surface area contributed by atoms with Crippen molar-refractivity contribution in [3.05, 3.63) is 59.2 Å². The van der Waals surface area contributed by atoms with Crippen molar-refractivity contribution >= 4 is 11.7 Å². The van der Waals surface area contributed by atoms with Crippen molar-refractivity contribution in [3.8, 4) is 5.75 Å². The molecular formula is C17H19NO3. The van der Waals surface area contributed by atoms with E-state index in [1.807, 2.05) is 24.3 Å². The first-order valence-corrected chi connectivity index (χ1v) is 6.82. The van der Waals surface area contributed by atoms with E-state index in [0.29, 0.717) is 17.2 Å². The lowest BCUT2D eigenvalue weighted by atomic mass is 10.0. The van der Waals surface area contributed by atoms with Crippen molar-refractivity contribution in [2.24, 2.45) is 0 Å². The van der Waals surface area contributed by atoms with Crippen LogP contribution in [0.3, 0.4) is 0 Å². The van der Waals surface area contributed by atoms with Crippen LogP contribution in [-0.2, 0) is 6.61 Å². The molecule has 110 valence electrons. The number of carbonyl (C=O) groups is 1. The maximum Gasteiger partial charge on any atom is 0.338 e. The quantitative estimate of drug-likeness (QED) is 0.822. The number of aromatic carboxylic acids is 1. The maximum absolute atomic E-state index is 11.2. The molecule has 2 aromatic carbocycles. The van der Waals surface area contributed by atoms with Crippen molar-refractivity contribution in [1.82, 2.24) is 0 Å². The van der Waals surface area contributed by atoms with Crippen LogP contribution in [0, 0.1) is 0 Å². The number of hydrogen-bond donors (Lipinski definition) is 2. The molecule has 2 aromatic rings. The van der Waals surface area contributed by atoms with Gasteiger partial charge in [-0.1, -0.05) is 38.1 Å². The van der Waals surface area contributed by atoms with Crippen LogP contribution in [0.15, 0.2) is 42.5 Å². The van der Waals surface area contributed by atoms with Gasteiger partial charge in [-0.2, -0.15) is 0 Å². The first-order valence-electron chi connectivity index (χ1n) is 6.82. The number of anilines is 1. The van der Waals surface area contributed by atoms with Crippen LogP contribution in [0.4, 0.5) is 5.69 Å². The Labute approximate surface area is 124 Å². The third kappa shape index (κ3) is 3.54. The van der Waals surface area contributed by atoms with Gasteiger partial charge in [-0.05, 0) is 29.7 Å². The lowest BCUT2D eigenvalue weighted by molar-refractivity contribution is 0.0695. The molecule has 0 bridgehead atoms. The van der Waals surface area contributed by atoms with Gasteiger partial charge in [0.25, 0.3) is 0 Å². The molecule has 0 aliphatic carbocycles. The molecule has 0 fully saturated rings. The molecule has 0 saturated carbocycles. The highest BCUT2D eigenvalue weighted by atomic mass is 16.5. The van der Waals surface area contributed by atoms with Crippen LogP contribution in [0.5, 0.6) is 5.75 Å². The molecular weight excluding hydrogens is 266 g/mol. The Hall–Kier alpha value is -2.49. The van der Waals surface area contributed by atoms with Crippen LogP contribution < -0.4 is 10.5 Å². The number of ether oxygens (including phenoxy) is 1. The number of carboxylic acid groups (broad SMARTS) is 1. The largest absolute Gasteiger partial charge is 0.489 e. The molecule has 0 radical (unpaired) electrons. The van der Waals surface area contributed by atoms with Gasteiger partial charge in [0.1, 0.15) is 12.4 Å². The van der Waals surface area contributed by atoms with Gasteiger partial charge in [0.05, 0.1) is 5.56 Å². The average molecular weight is 285 g/mol. The number of nitrogen functional groups attached to an aromatic ring is 1. The number of nitrogens with two attached hydrogens (primary N) is 1. The lowest BCUT2D eigenvalue weighted by Crippen LogP contribution is -2.09. The third-order valence-electron chi connectivity index (χ3n) is 3.34. The highest BCUT2D eigenvalue weighted by Crippen LogP contribution is 2.22. The van der Waals surface area contributed by atoms with Gasteiger partial charge in [-0.25, -0.2) is 4.79 Å². The molecule has 0 aliphatic heterocycles. The van der Waals surface area contributed by atoms with Gasteiger partial charge in [0.2, 0.25) is 0 Å². The Morgan fingerprint density at radius 2 is 1.86 bits per heavy atom. The van der Waals surface area contributed by atoms with Crippen molar-refractivity contribution in [2.45, 2.75) is 26.4 Å². The molecule has 4 nitrogen and oxygen atoms in total. The van der Waals surface area contributed by atoms with Crippen LogP contribution in [0.25, 0.3) is 0 Å². The highest BCUT2D eigenvalue weighted by molar-refractivity contribution is 5.95.